The number of aromatic nitrogens is 1. The van der Waals surface area contributed by atoms with Crippen molar-refractivity contribution in [3.8, 4) is 0 Å². The fourth-order valence-electron chi connectivity index (χ4n) is 1.60. The van der Waals surface area contributed by atoms with E-state index in [0.717, 1.165) is 5.69 Å². The highest BCUT2D eigenvalue weighted by molar-refractivity contribution is 6.42. The van der Waals surface area contributed by atoms with E-state index in [0.29, 0.717) is 28.5 Å². The molecule has 0 bridgehead atoms. The second-order valence-electron chi connectivity index (χ2n) is 3.87. The van der Waals surface area contributed by atoms with Gasteiger partial charge in [0, 0.05) is 23.9 Å². The summed E-state index contributed by atoms with van der Waals surface area (Å²) in [6.07, 6.45) is 2.76. The van der Waals surface area contributed by atoms with Gasteiger partial charge in [-0.25, -0.2) is 0 Å². The second kappa shape index (κ2) is 5.98. The molecule has 92 valence electrons. The lowest BCUT2D eigenvalue weighted by Gasteiger charge is -2.03. The summed E-state index contributed by atoms with van der Waals surface area (Å²) in [4.78, 5) is 16.1. The predicted octanol–water partition coefficient (Wildman–Crippen LogP) is 4.20. The zero-order valence-corrected chi connectivity index (χ0v) is 11.1. The Kier molecular flexibility index (Phi) is 4.34. The molecule has 1 heterocycles. The highest BCUT2D eigenvalue weighted by Gasteiger charge is 2.08. The Morgan fingerprint density at radius 3 is 2.61 bits per heavy atom. The van der Waals surface area contributed by atoms with Gasteiger partial charge in [0.2, 0.25) is 0 Å². The van der Waals surface area contributed by atoms with Gasteiger partial charge in [-0.3, -0.25) is 9.78 Å². The SMILES string of the molecule is O=C(CCc1ccccn1)c1ccc(Cl)c(Cl)c1. The monoisotopic (exact) mass is 279 g/mol. The highest BCUT2D eigenvalue weighted by Crippen LogP contribution is 2.23. The van der Waals surface area contributed by atoms with E-state index < -0.39 is 0 Å². The summed E-state index contributed by atoms with van der Waals surface area (Å²) in [6, 6.07) is 10.6. The first-order chi connectivity index (χ1) is 8.66. The third kappa shape index (κ3) is 3.31. The summed E-state index contributed by atoms with van der Waals surface area (Å²) in [5.41, 5.74) is 1.49. The molecule has 0 spiro atoms. The van der Waals surface area contributed by atoms with Crippen molar-refractivity contribution in [3.63, 3.8) is 0 Å². The largest absolute Gasteiger partial charge is 0.294 e. The lowest BCUT2D eigenvalue weighted by atomic mass is 10.1. The summed E-state index contributed by atoms with van der Waals surface area (Å²) in [7, 11) is 0. The molecule has 0 N–H and O–H groups in total. The number of carbonyl (C=O) groups is 1. The molecule has 0 saturated carbocycles. The molecule has 0 aliphatic carbocycles. The summed E-state index contributed by atoms with van der Waals surface area (Å²) in [5, 5.41) is 0.860. The van der Waals surface area contributed by atoms with Crippen LogP contribution in [0, 0.1) is 0 Å². The van der Waals surface area contributed by atoms with Gasteiger partial charge >= 0.3 is 0 Å². The van der Waals surface area contributed by atoms with E-state index in [4.69, 9.17) is 23.2 Å². The van der Waals surface area contributed by atoms with Crippen LogP contribution in [0.3, 0.4) is 0 Å². The molecule has 0 saturated heterocycles. The number of pyridine rings is 1. The Morgan fingerprint density at radius 2 is 1.94 bits per heavy atom. The van der Waals surface area contributed by atoms with Crippen LogP contribution < -0.4 is 0 Å². The zero-order valence-electron chi connectivity index (χ0n) is 9.57. The summed E-state index contributed by atoms with van der Waals surface area (Å²) < 4.78 is 0. The first-order valence-electron chi connectivity index (χ1n) is 5.55. The van der Waals surface area contributed by atoms with E-state index in [2.05, 4.69) is 4.98 Å². The maximum absolute atomic E-state index is 12.0. The maximum atomic E-state index is 12.0. The number of Topliss-reactive ketones (excluding diaryl/α,β-unsaturated/α-hetero) is 1. The zero-order chi connectivity index (χ0) is 13.0. The normalized spacial score (nSPS) is 10.3. The lowest BCUT2D eigenvalue weighted by Crippen LogP contribution is -2.02. The number of carbonyl (C=O) groups excluding carboxylic acids is 1. The predicted molar refractivity (Wildman–Crippen MR) is 73.4 cm³/mol. The van der Waals surface area contributed by atoms with Gasteiger partial charge in [0.1, 0.15) is 0 Å². The molecule has 2 rings (SSSR count). The number of hydrogen-bond acceptors (Lipinski definition) is 2. The molecule has 0 unspecified atom stereocenters. The number of ketones is 1. The molecule has 0 amide bonds. The van der Waals surface area contributed by atoms with Crippen LogP contribution in [0.4, 0.5) is 0 Å². The van der Waals surface area contributed by atoms with Crippen molar-refractivity contribution >= 4 is 29.0 Å². The van der Waals surface area contributed by atoms with Crippen molar-refractivity contribution in [1.29, 1.82) is 0 Å². The van der Waals surface area contributed by atoms with Gasteiger partial charge < -0.3 is 0 Å². The van der Waals surface area contributed by atoms with E-state index >= 15 is 0 Å². The van der Waals surface area contributed by atoms with E-state index in [9.17, 15) is 4.79 Å². The third-order valence-corrected chi connectivity index (χ3v) is 3.31. The van der Waals surface area contributed by atoms with Crippen molar-refractivity contribution in [2.24, 2.45) is 0 Å². The minimum absolute atomic E-state index is 0.0409. The van der Waals surface area contributed by atoms with E-state index in [1.165, 1.54) is 0 Å². The van der Waals surface area contributed by atoms with Gasteiger partial charge in [0.15, 0.2) is 5.78 Å². The van der Waals surface area contributed by atoms with Crippen molar-refractivity contribution < 1.29 is 4.79 Å². The molecule has 2 aromatic rings. The van der Waals surface area contributed by atoms with E-state index in [1.54, 1.807) is 24.4 Å². The number of hydrogen-bond donors (Lipinski definition) is 0. The first kappa shape index (κ1) is 13.1. The molecular weight excluding hydrogens is 269 g/mol. The number of benzene rings is 1. The summed E-state index contributed by atoms with van der Waals surface area (Å²) >= 11 is 11.7. The van der Waals surface area contributed by atoms with Crippen LogP contribution in [0.5, 0.6) is 0 Å². The quantitative estimate of drug-likeness (QED) is 0.785. The molecule has 0 aliphatic rings. The molecule has 4 heteroatoms. The van der Waals surface area contributed by atoms with Gasteiger partial charge in [0.25, 0.3) is 0 Å². The third-order valence-electron chi connectivity index (χ3n) is 2.58. The van der Waals surface area contributed by atoms with Crippen molar-refractivity contribution in [2.75, 3.05) is 0 Å². The number of nitrogens with zero attached hydrogens (tertiary/aromatic N) is 1. The van der Waals surface area contributed by atoms with Crippen LogP contribution in [-0.4, -0.2) is 10.8 Å². The van der Waals surface area contributed by atoms with Gasteiger partial charge in [-0.1, -0.05) is 29.3 Å². The van der Waals surface area contributed by atoms with Gasteiger partial charge in [-0.05, 0) is 36.8 Å². The molecule has 1 aromatic heterocycles. The van der Waals surface area contributed by atoms with Crippen LogP contribution in [0.1, 0.15) is 22.5 Å². The van der Waals surface area contributed by atoms with Crippen molar-refractivity contribution in [3.05, 3.63) is 63.9 Å². The molecule has 2 nitrogen and oxygen atoms in total. The smallest absolute Gasteiger partial charge is 0.163 e. The topological polar surface area (TPSA) is 30.0 Å². The van der Waals surface area contributed by atoms with Crippen LogP contribution in [0.15, 0.2) is 42.6 Å². The number of rotatable bonds is 4. The molecule has 0 aliphatic heterocycles. The molecule has 0 radical (unpaired) electrons. The Bertz CT molecular complexity index is 555. The second-order valence-corrected chi connectivity index (χ2v) is 4.69. The van der Waals surface area contributed by atoms with Gasteiger partial charge in [0.05, 0.1) is 10.0 Å². The lowest BCUT2D eigenvalue weighted by molar-refractivity contribution is 0.0982. The molecule has 18 heavy (non-hydrogen) atoms. The molecule has 0 fully saturated rings. The standard InChI is InChI=1S/C14H11Cl2NO/c15-12-6-4-10(9-13(12)16)14(18)7-5-11-3-1-2-8-17-11/h1-4,6,8-9H,5,7H2. The fraction of sp³-hybridized carbons (Fsp3) is 0.143. The Morgan fingerprint density at radius 1 is 1.11 bits per heavy atom. The Hall–Kier alpha value is -1.38. The van der Waals surface area contributed by atoms with Gasteiger partial charge in [-0.15, -0.1) is 0 Å². The van der Waals surface area contributed by atoms with E-state index in [1.807, 2.05) is 18.2 Å². The molecule has 1 aromatic carbocycles. The minimum Gasteiger partial charge on any atom is -0.294 e. The molecular formula is C14H11Cl2NO. The number of halogens is 2. The Balaban J connectivity index is 2.02. The first-order valence-corrected chi connectivity index (χ1v) is 6.30. The van der Waals surface area contributed by atoms with Crippen LogP contribution in [0.25, 0.3) is 0 Å². The fourth-order valence-corrected chi connectivity index (χ4v) is 1.90. The molecule has 0 atom stereocenters. The minimum atomic E-state index is 0.0409. The Labute approximate surface area is 116 Å². The van der Waals surface area contributed by atoms with Crippen molar-refractivity contribution in [2.45, 2.75) is 12.8 Å². The van der Waals surface area contributed by atoms with Crippen LogP contribution in [-0.2, 0) is 6.42 Å². The van der Waals surface area contributed by atoms with Crippen molar-refractivity contribution in [1.82, 2.24) is 4.98 Å². The average Bonchev–Trinajstić information content (AvgIpc) is 2.40. The highest BCUT2D eigenvalue weighted by atomic mass is 35.5. The summed E-state index contributed by atoms with van der Waals surface area (Å²) in [6.45, 7) is 0. The van der Waals surface area contributed by atoms with Crippen LogP contribution in [0.2, 0.25) is 10.0 Å². The number of aryl methyl sites for hydroxylation is 1. The average molecular weight is 280 g/mol. The van der Waals surface area contributed by atoms with E-state index in [-0.39, 0.29) is 5.78 Å². The maximum Gasteiger partial charge on any atom is 0.163 e. The van der Waals surface area contributed by atoms with Crippen LogP contribution >= 0.6 is 23.2 Å². The van der Waals surface area contributed by atoms with Gasteiger partial charge in [-0.2, -0.15) is 0 Å². The summed E-state index contributed by atoms with van der Waals surface area (Å²) in [5.74, 6) is 0.0409.